The molecule has 1 saturated carbocycles. The molecular formula is C23H28N2O4. The predicted octanol–water partition coefficient (Wildman–Crippen LogP) is 3.66. The Bertz CT molecular complexity index is 848. The van der Waals surface area contributed by atoms with Crippen molar-refractivity contribution >= 4 is 17.5 Å². The molecule has 0 unspecified atom stereocenters. The van der Waals surface area contributed by atoms with E-state index < -0.39 is 0 Å². The largest absolute Gasteiger partial charge is 0.493 e. The van der Waals surface area contributed by atoms with E-state index in [0.717, 1.165) is 30.5 Å². The second kappa shape index (κ2) is 9.96. The zero-order valence-electron chi connectivity index (χ0n) is 17.0. The Balaban J connectivity index is 1.53. The normalized spacial score (nSPS) is 12.9. The summed E-state index contributed by atoms with van der Waals surface area (Å²) in [7, 11) is 1.57. The van der Waals surface area contributed by atoms with Gasteiger partial charge in [-0.05, 0) is 43.0 Å². The van der Waals surface area contributed by atoms with Crippen molar-refractivity contribution < 1.29 is 19.1 Å². The van der Waals surface area contributed by atoms with Gasteiger partial charge in [-0.3, -0.25) is 9.59 Å². The highest BCUT2D eigenvalue weighted by atomic mass is 16.5. The number of methoxy groups -OCH3 is 1. The lowest BCUT2D eigenvalue weighted by Crippen LogP contribution is -2.38. The van der Waals surface area contributed by atoms with Crippen LogP contribution in [0, 0.1) is 0 Å². The van der Waals surface area contributed by atoms with Gasteiger partial charge < -0.3 is 19.7 Å². The highest BCUT2D eigenvalue weighted by Crippen LogP contribution is 2.29. The van der Waals surface area contributed by atoms with Crippen molar-refractivity contribution in [1.29, 1.82) is 0 Å². The third-order valence-corrected chi connectivity index (χ3v) is 4.98. The van der Waals surface area contributed by atoms with Gasteiger partial charge in [0.15, 0.2) is 18.1 Å². The Morgan fingerprint density at radius 1 is 1.07 bits per heavy atom. The van der Waals surface area contributed by atoms with Crippen molar-refractivity contribution in [2.75, 3.05) is 25.6 Å². The van der Waals surface area contributed by atoms with Gasteiger partial charge in [0.2, 0.25) is 5.91 Å². The smallest absolute Gasteiger partial charge is 0.260 e. The lowest BCUT2D eigenvalue weighted by molar-refractivity contribution is -0.134. The first-order chi connectivity index (χ1) is 14.1. The molecule has 154 valence electrons. The summed E-state index contributed by atoms with van der Waals surface area (Å²) in [6.07, 6.45) is 3.06. The maximum absolute atomic E-state index is 12.7. The molecule has 1 fully saturated rings. The topological polar surface area (TPSA) is 67.9 Å². The van der Waals surface area contributed by atoms with Gasteiger partial charge in [0, 0.05) is 24.7 Å². The molecule has 0 radical (unpaired) electrons. The maximum Gasteiger partial charge on any atom is 0.260 e. The van der Waals surface area contributed by atoms with Crippen LogP contribution >= 0.6 is 0 Å². The number of aryl methyl sites for hydroxylation is 1. The number of ether oxygens (including phenoxy) is 2. The first-order valence-electron chi connectivity index (χ1n) is 10.1. The Hall–Kier alpha value is -3.02. The molecule has 0 atom stereocenters. The summed E-state index contributed by atoms with van der Waals surface area (Å²) in [5.41, 5.74) is 1.94. The number of para-hydroxylation sites is 3. The van der Waals surface area contributed by atoms with Gasteiger partial charge in [0.1, 0.15) is 0 Å². The van der Waals surface area contributed by atoms with Crippen LogP contribution in [0.1, 0.15) is 31.7 Å². The summed E-state index contributed by atoms with van der Waals surface area (Å²) in [6.45, 7) is 2.37. The molecule has 1 N–H and O–H groups in total. The van der Waals surface area contributed by atoms with Crippen LogP contribution in [0.4, 0.5) is 5.69 Å². The zero-order valence-corrected chi connectivity index (χ0v) is 17.0. The number of nitrogens with one attached hydrogen (secondary N) is 1. The molecule has 2 aromatic carbocycles. The lowest BCUT2D eigenvalue weighted by atomic mass is 10.1. The third-order valence-electron chi connectivity index (χ3n) is 4.98. The monoisotopic (exact) mass is 396 g/mol. The molecule has 3 rings (SSSR count). The van der Waals surface area contributed by atoms with Crippen LogP contribution in [-0.2, 0) is 16.0 Å². The number of anilines is 1. The van der Waals surface area contributed by atoms with E-state index in [1.807, 2.05) is 36.4 Å². The van der Waals surface area contributed by atoms with Gasteiger partial charge in [-0.1, -0.05) is 37.3 Å². The van der Waals surface area contributed by atoms with Gasteiger partial charge in [-0.15, -0.1) is 0 Å². The van der Waals surface area contributed by atoms with Gasteiger partial charge in [0.25, 0.3) is 5.91 Å². The average Bonchev–Trinajstić information content (AvgIpc) is 3.58. The predicted molar refractivity (Wildman–Crippen MR) is 112 cm³/mol. The van der Waals surface area contributed by atoms with Gasteiger partial charge in [-0.2, -0.15) is 0 Å². The van der Waals surface area contributed by atoms with Crippen LogP contribution < -0.4 is 14.8 Å². The Labute approximate surface area is 171 Å². The number of nitrogens with zero attached hydrogens (tertiary/aromatic N) is 1. The highest BCUT2D eigenvalue weighted by Gasteiger charge is 2.32. The van der Waals surface area contributed by atoms with E-state index in [1.54, 1.807) is 24.1 Å². The zero-order chi connectivity index (χ0) is 20.6. The van der Waals surface area contributed by atoms with Crippen LogP contribution in [0.15, 0.2) is 48.5 Å². The molecule has 2 aromatic rings. The van der Waals surface area contributed by atoms with Gasteiger partial charge in [-0.25, -0.2) is 0 Å². The molecule has 0 bridgehead atoms. The molecule has 0 aliphatic heterocycles. The van der Waals surface area contributed by atoms with Crippen LogP contribution in [0.3, 0.4) is 0 Å². The van der Waals surface area contributed by atoms with Crippen molar-refractivity contribution in [3.63, 3.8) is 0 Å². The Morgan fingerprint density at radius 2 is 1.76 bits per heavy atom. The van der Waals surface area contributed by atoms with Crippen molar-refractivity contribution in [1.82, 2.24) is 4.90 Å². The van der Waals surface area contributed by atoms with Crippen LogP contribution in [0.2, 0.25) is 0 Å². The fourth-order valence-electron chi connectivity index (χ4n) is 3.24. The van der Waals surface area contributed by atoms with Gasteiger partial charge in [0.05, 0.1) is 7.11 Å². The summed E-state index contributed by atoms with van der Waals surface area (Å²) in [5, 5.41) is 2.96. The van der Waals surface area contributed by atoms with E-state index >= 15 is 0 Å². The molecule has 0 spiro atoms. The molecule has 0 aromatic heterocycles. The Morgan fingerprint density at radius 3 is 2.45 bits per heavy atom. The van der Waals surface area contributed by atoms with E-state index in [4.69, 9.17) is 9.47 Å². The molecule has 6 heteroatoms. The highest BCUT2D eigenvalue weighted by molar-refractivity contribution is 5.92. The van der Waals surface area contributed by atoms with Crippen molar-refractivity contribution in [3.05, 3.63) is 54.1 Å². The molecular weight excluding hydrogens is 368 g/mol. The lowest BCUT2D eigenvalue weighted by Gasteiger charge is -2.22. The molecule has 2 amide bonds. The average molecular weight is 396 g/mol. The van der Waals surface area contributed by atoms with E-state index in [-0.39, 0.29) is 30.9 Å². The van der Waals surface area contributed by atoms with Crippen molar-refractivity contribution in [2.45, 2.75) is 38.6 Å². The van der Waals surface area contributed by atoms with Crippen molar-refractivity contribution in [2.24, 2.45) is 0 Å². The van der Waals surface area contributed by atoms with Crippen LogP contribution in [0.25, 0.3) is 0 Å². The van der Waals surface area contributed by atoms with E-state index in [2.05, 4.69) is 12.2 Å². The van der Waals surface area contributed by atoms with E-state index in [1.165, 1.54) is 0 Å². The molecule has 1 aliphatic carbocycles. The molecule has 6 nitrogen and oxygen atoms in total. The minimum absolute atomic E-state index is 0.0723. The summed E-state index contributed by atoms with van der Waals surface area (Å²) in [5.74, 6) is 0.926. The number of carbonyl (C=O) groups is 2. The number of hydrogen-bond acceptors (Lipinski definition) is 4. The SMILES string of the molecule is CCc1ccccc1NC(=O)CCN(C(=O)COc1ccccc1OC)C1CC1. The quantitative estimate of drug-likeness (QED) is 0.666. The molecule has 0 heterocycles. The number of amides is 2. The summed E-state index contributed by atoms with van der Waals surface area (Å²) in [4.78, 5) is 26.9. The maximum atomic E-state index is 12.7. The number of benzene rings is 2. The number of carbonyl (C=O) groups excluding carboxylic acids is 2. The Kier molecular flexibility index (Phi) is 7.11. The third kappa shape index (κ3) is 5.73. The molecule has 1 aliphatic rings. The van der Waals surface area contributed by atoms with Gasteiger partial charge >= 0.3 is 0 Å². The van der Waals surface area contributed by atoms with Crippen molar-refractivity contribution in [3.8, 4) is 11.5 Å². The number of rotatable bonds is 10. The van der Waals surface area contributed by atoms with E-state index in [0.29, 0.717) is 18.0 Å². The fraction of sp³-hybridized carbons (Fsp3) is 0.391. The summed E-state index contributed by atoms with van der Waals surface area (Å²) < 4.78 is 10.9. The standard InChI is InChI=1S/C23H28N2O4/c1-3-17-8-4-5-9-19(17)24-22(26)14-15-25(18-12-13-18)23(27)16-29-21-11-7-6-10-20(21)28-2/h4-11,18H,3,12-16H2,1-2H3,(H,24,26). The van der Waals surface area contributed by atoms with E-state index in [9.17, 15) is 9.59 Å². The first-order valence-corrected chi connectivity index (χ1v) is 10.1. The fourth-order valence-corrected chi connectivity index (χ4v) is 3.24. The molecule has 29 heavy (non-hydrogen) atoms. The second-order valence-corrected chi connectivity index (χ2v) is 7.07. The minimum Gasteiger partial charge on any atom is -0.493 e. The first kappa shape index (κ1) is 20.7. The summed E-state index contributed by atoms with van der Waals surface area (Å²) >= 11 is 0. The molecule has 0 saturated heterocycles. The minimum atomic E-state index is -0.111. The van der Waals surface area contributed by atoms with Crippen LogP contribution in [-0.4, -0.2) is 43.0 Å². The van der Waals surface area contributed by atoms with Crippen LogP contribution in [0.5, 0.6) is 11.5 Å². The second-order valence-electron chi connectivity index (χ2n) is 7.07. The number of hydrogen-bond donors (Lipinski definition) is 1. The summed E-state index contributed by atoms with van der Waals surface area (Å²) in [6, 6.07) is 15.2.